The number of carbonyl (C=O) groups excluding carboxylic acids is 3. The molecule has 1 aromatic rings. The van der Waals surface area contributed by atoms with E-state index in [1.54, 1.807) is 6.08 Å². The minimum absolute atomic E-state index is 0.0629. The lowest BCUT2D eigenvalue weighted by Gasteiger charge is -2.19. The maximum Gasteiger partial charge on any atom is 0.374 e. The van der Waals surface area contributed by atoms with Gasteiger partial charge in [-0.25, -0.2) is 4.79 Å². The molecular formula is C46H78O10. The number of aryl methyl sites for hydroxylation is 1. The summed E-state index contributed by atoms with van der Waals surface area (Å²) in [5, 5.41) is 28.5. The number of hydrogen-bond acceptors (Lipinski definition) is 10. The van der Waals surface area contributed by atoms with Crippen molar-refractivity contribution in [2.24, 2.45) is 11.8 Å². The lowest BCUT2D eigenvalue weighted by molar-refractivity contribution is -0.165. The highest BCUT2D eigenvalue weighted by molar-refractivity contribution is 5.91. The van der Waals surface area contributed by atoms with Crippen LogP contribution in [0.5, 0.6) is 0 Å². The maximum absolute atomic E-state index is 13.2. The molecule has 1 rings (SSSR count). The van der Waals surface area contributed by atoms with Crippen molar-refractivity contribution in [1.29, 1.82) is 0 Å². The van der Waals surface area contributed by atoms with Crippen LogP contribution >= 0.6 is 0 Å². The summed E-state index contributed by atoms with van der Waals surface area (Å²) >= 11 is 0. The van der Waals surface area contributed by atoms with E-state index in [2.05, 4.69) is 20.8 Å². The standard InChI is InChI=1S/C46H78O10/c1-5-6-7-8-19-22-25-38-27-29-39(30-28-38)31-43(53-4)46(52)56-42(34-48)36-55-45(51)40(32-44(50)54-35-41(49)33-47)26-23-20-17-15-13-11-9-10-12-14-16-18-21-24-37(2)3/h27-31,37,40-42,47-49H,5-26,32-36H2,1-4H3. The summed E-state index contributed by atoms with van der Waals surface area (Å²) < 4.78 is 21.2. The van der Waals surface area contributed by atoms with Gasteiger partial charge in [-0.2, -0.15) is 0 Å². The predicted molar refractivity (Wildman–Crippen MR) is 223 cm³/mol. The van der Waals surface area contributed by atoms with Crippen molar-refractivity contribution in [2.75, 3.05) is 33.5 Å². The van der Waals surface area contributed by atoms with Gasteiger partial charge in [0.05, 0.1) is 32.7 Å². The monoisotopic (exact) mass is 791 g/mol. The predicted octanol–water partition coefficient (Wildman–Crippen LogP) is 9.43. The highest BCUT2D eigenvalue weighted by atomic mass is 16.6. The summed E-state index contributed by atoms with van der Waals surface area (Å²) in [5.74, 6) is -2.24. The number of aliphatic hydroxyl groups is 3. The Morgan fingerprint density at radius 3 is 1.73 bits per heavy atom. The van der Waals surface area contributed by atoms with E-state index in [4.69, 9.17) is 24.1 Å². The zero-order valence-electron chi connectivity index (χ0n) is 35.5. The van der Waals surface area contributed by atoms with E-state index in [-0.39, 0.29) is 18.8 Å². The molecule has 3 unspecified atom stereocenters. The van der Waals surface area contributed by atoms with Gasteiger partial charge >= 0.3 is 17.9 Å². The van der Waals surface area contributed by atoms with Crippen molar-refractivity contribution in [3.05, 3.63) is 41.2 Å². The fourth-order valence-corrected chi connectivity index (χ4v) is 6.56. The van der Waals surface area contributed by atoms with Crippen LogP contribution in [0.25, 0.3) is 6.08 Å². The first-order chi connectivity index (χ1) is 27.1. The van der Waals surface area contributed by atoms with Crippen LogP contribution in [0, 0.1) is 11.8 Å². The van der Waals surface area contributed by atoms with Gasteiger partial charge in [-0.15, -0.1) is 0 Å². The lowest BCUT2D eigenvalue weighted by Crippen LogP contribution is -2.32. The van der Waals surface area contributed by atoms with E-state index < -0.39 is 55.9 Å². The molecule has 0 aromatic heterocycles. The molecule has 0 radical (unpaired) electrons. The quantitative estimate of drug-likeness (QED) is 0.0197. The summed E-state index contributed by atoms with van der Waals surface area (Å²) in [6.45, 7) is 4.87. The van der Waals surface area contributed by atoms with Gasteiger partial charge in [0.15, 0.2) is 6.10 Å². The van der Waals surface area contributed by atoms with Crippen molar-refractivity contribution in [3.63, 3.8) is 0 Å². The number of carbonyl (C=O) groups is 3. The second-order valence-corrected chi connectivity index (χ2v) is 15.8. The minimum atomic E-state index is -1.20. The molecule has 322 valence electrons. The number of methoxy groups -OCH3 is 1. The smallest absolute Gasteiger partial charge is 0.374 e. The second kappa shape index (κ2) is 34.1. The Labute approximate surface area is 339 Å². The van der Waals surface area contributed by atoms with Gasteiger partial charge in [-0.3, -0.25) is 9.59 Å². The fraction of sp³-hybridized carbons (Fsp3) is 0.761. The van der Waals surface area contributed by atoms with E-state index in [1.807, 2.05) is 24.3 Å². The number of rotatable bonds is 36. The van der Waals surface area contributed by atoms with Crippen molar-refractivity contribution in [1.82, 2.24) is 0 Å². The largest absolute Gasteiger partial charge is 0.490 e. The third kappa shape index (κ3) is 26.8. The number of benzene rings is 1. The van der Waals surface area contributed by atoms with Crippen molar-refractivity contribution >= 4 is 24.0 Å². The van der Waals surface area contributed by atoms with E-state index in [1.165, 1.54) is 109 Å². The molecule has 0 heterocycles. The molecular weight excluding hydrogens is 712 g/mol. The molecule has 10 heteroatoms. The summed E-state index contributed by atoms with van der Waals surface area (Å²) in [7, 11) is 1.36. The topological polar surface area (TPSA) is 149 Å². The van der Waals surface area contributed by atoms with Crippen molar-refractivity contribution < 1.29 is 48.7 Å². The molecule has 0 aliphatic heterocycles. The Morgan fingerprint density at radius 2 is 1.21 bits per heavy atom. The number of ether oxygens (including phenoxy) is 4. The average molecular weight is 791 g/mol. The Bertz CT molecular complexity index is 1160. The van der Waals surface area contributed by atoms with Gasteiger partial charge in [0.1, 0.15) is 19.3 Å². The van der Waals surface area contributed by atoms with Crippen molar-refractivity contribution in [3.8, 4) is 0 Å². The molecule has 0 bridgehead atoms. The summed E-state index contributed by atoms with van der Waals surface area (Å²) in [6, 6.07) is 7.90. The van der Waals surface area contributed by atoms with Gasteiger partial charge in [-0.05, 0) is 42.4 Å². The SMILES string of the molecule is CCCCCCCCc1ccc(C=C(OC)C(=O)OC(CO)COC(=O)C(CCCCCCCCCCCCCCCC(C)C)CC(=O)OCC(O)CO)cc1. The third-order valence-electron chi connectivity index (χ3n) is 10.1. The number of hydrogen-bond donors (Lipinski definition) is 3. The highest BCUT2D eigenvalue weighted by Gasteiger charge is 2.27. The Kier molecular flexibility index (Phi) is 31.1. The first kappa shape index (κ1) is 51.1. The zero-order chi connectivity index (χ0) is 41.2. The molecule has 1 aromatic carbocycles. The molecule has 3 atom stereocenters. The Hall–Kier alpha value is -2.95. The van der Waals surface area contributed by atoms with Crippen LogP contribution in [0.4, 0.5) is 0 Å². The van der Waals surface area contributed by atoms with Gasteiger partial charge in [-0.1, -0.05) is 167 Å². The average Bonchev–Trinajstić information content (AvgIpc) is 3.19. The van der Waals surface area contributed by atoms with Crippen LogP contribution in [0.15, 0.2) is 30.0 Å². The van der Waals surface area contributed by atoms with Gasteiger partial charge in [0, 0.05) is 0 Å². The highest BCUT2D eigenvalue weighted by Crippen LogP contribution is 2.20. The van der Waals surface area contributed by atoms with Crippen LogP contribution in [0.3, 0.4) is 0 Å². The van der Waals surface area contributed by atoms with Crippen LogP contribution in [0.1, 0.15) is 173 Å². The lowest BCUT2D eigenvalue weighted by atomic mass is 9.97. The summed E-state index contributed by atoms with van der Waals surface area (Å²) in [6.07, 6.45) is 24.6. The first-order valence-corrected chi connectivity index (χ1v) is 21.9. The third-order valence-corrected chi connectivity index (χ3v) is 10.1. The van der Waals surface area contributed by atoms with Gasteiger partial charge in [0.2, 0.25) is 5.76 Å². The normalized spacial score (nSPS) is 13.3. The van der Waals surface area contributed by atoms with Crippen LogP contribution in [-0.2, 0) is 39.8 Å². The fourth-order valence-electron chi connectivity index (χ4n) is 6.56. The van der Waals surface area contributed by atoms with Crippen molar-refractivity contribution in [2.45, 2.75) is 181 Å². The van der Waals surface area contributed by atoms with E-state index in [0.717, 1.165) is 43.6 Å². The van der Waals surface area contributed by atoms with Crippen LogP contribution in [0.2, 0.25) is 0 Å². The maximum atomic E-state index is 13.2. The molecule has 0 saturated heterocycles. The molecule has 0 aliphatic carbocycles. The van der Waals surface area contributed by atoms with E-state index in [0.29, 0.717) is 12.8 Å². The Balaban J connectivity index is 2.56. The van der Waals surface area contributed by atoms with E-state index >= 15 is 0 Å². The Morgan fingerprint density at radius 1 is 0.679 bits per heavy atom. The first-order valence-electron chi connectivity index (χ1n) is 21.9. The molecule has 0 aliphatic rings. The molecule has 3 N–H and O–H groups in total. The zero-order valence-corrected chi connectivity index (χ0v) is 35.5. The van der Waals surface area contributed by atoms with Gasteiger partial charge in [0.25, 0.3) is 0 Å². The molecule has 0 spiro atoms. The second-order valence-electron chi connectivity index (χ2n) is 15.8. The number of esters is 3. The molecule has 0 amide bonds. The van der Waals surface area contributed by atoms with Gasteiger partial charge < -0.3 is 34.3 Å². The summed E-state index contributed by atoms with van der Waals surface area (Å²) in [4.78, 5) is 38.6. The molecule has 0 saturated carbocycles. The minimum Gasteiger partial charge on any atom is -0.490 e. The molecule has 56 heavy (non-hydrogen) atoms. The van der Waals surface area contributed by atoms with E-state index in [9.17, 15) is 24.6 Å². The molecule has 10 nitrogen and oxygen atoms in total. The van der Waals surface area contributed by atoms with Crippen LogP contribution in [-0.4, -0.2) is 79.0 Å². The van der Waals surface area contributed by atoms with Crippen LogP contribution < -0.4 is 0 Å². The number of unbranched alkanes of at least 4 members (excludes halogenated alkanes) is 17. The summed E-state index contributed by atoms with van der Waals surface area (Å²) in [5.41, 5.74) is 1.98. The number of aliphatic hydroxyl groups excluding tert-OH is 3. The molecule has 0 fully saturated rings.